The molecular weight excluding hydrogens is 158 g/mol. The van der Waals surface area contributed by atoms with E-state index < -0.39 is 0 Å². The lowest BCUT2D eigenvalue weighted by molar-refractivity contribution is 0.256. The van der Waals surface area contributed by atoms with Crippen molar-refractivity contribution in [3.8, 4) is 0 Å². The molecule has 1 heteroatoms. The van der Waals surface area contributed by atoms with Crippen molar-refractivity contribution in [2.45, 2.75) is 71.9 Å². The van der Waals surface area contributed by atoms with Crippen LogP contribution in [0.1, 0.15) is 59.8 Å². The molecule has 1 aliphatic rings. The van der Waals surface area contributed by atoms with Crippen LogP contribution in [0, 0.1) is 5.41 Å². The second-order valence-corrected chi connectivity index (χ2v) is 5.11. The summed E-state index contributed by atoms with van der Waals surface area (Å²) in [6.45, 7) is 9.37. The summed E-state index contributed by atoms with van der Waals surface area (Å²) < 4.78 is 0. The predicted octanol–water partition coefficient (Wildman–Crippen LogP) is 3.34. The summed E-state index contributed by atoms with van der Waals surface area (Å²) in [4.78, 5) is 0. The van der Waals surface area contributed by atoms with Crippen molar-refractivity contribution in [2.75, 3.05) is 0 Å². The van der Waals surface area contributed by atoms with Gasteiger partial charge in [-0.15, -0.1) is 0 Å². The molecule has 0 amide bonds. The quantitative estimate of drug-likeness (QED) is 0.705. The van der Waals surface area contributed by atoms with E-state index in [0.717, 1.165) is 12.1 Å². The molecule has 1 rings (SSSR count). The van der Waals surface area contributed by atoms with Crippen LogP contribution in [0.3, 0.4) is 0 Å². The Hall–Kier alpha value is -0.0400. The van der Waals surface area contributed by atoms with Gasteiger partial charge in [-0.3, -0.25) is 0 Å². The smallest absolute Gasteiger partial charge is 0.0121 e. The molecule has 1 fully saturated rings. The van der Waals surface area contributed by atoms with Gasteiger partial charge in [0, 0.05) is 12.1 Å². The van der Waals surface area contributed by atoms with Gasteiger partial charge in [0.05, 0.1) is 0 Å². The number of rotatable bonds is 4. The SMILES string of the molecule is CCC(CC)NC1CCCC1(C)C. The molecule has 1 N–H and O–H groups in total. The summed E-state index contributed by atoms with van der Waals surface area (Å²) in [6.07, 6.45) is 6.71. The zero-order chi connectivity index (χ0) is 9.90. The molecule has 1 atom stereocenters. The Morgan fingerprint density at radius 1 is 1.31 bits per heavy atom. The third kappa shape index (κ3) is 2.70. The molecule has 0 aromatic carbocycles. The van der Waals surface area contributed by atoms with Crippen LogP contribution in [0.4, 0.5) is 0 Å². The third-order valence-electron chi connectivity index (χ3n) is 3.68. The minimum atomic E-state index is 0.530. The molecule has 0 aromatic heterocycles. The second kappa shape index (κ2) is 4.45. The van der Waals surface area contributed by atoms with Crippen molar-refractivity contribution >= 4 is 0 Å². The van der Waals surface area contributed by atoms with Gasteiger partial charge in [0.25, 0.3) is 0 Å². The largest absolute Gasteiger partial charge is 0.311 e. The molecule has 78 valence electrons. The van der Waals surface area contributed by atoms with Gasteiger partial charge in [-0.1, -0.05) is 34.1 Å². The summed E-state index contributed by atoms with van der Waals surface area (Å²) in [7, 11) is 0. The van der Waals surface area contributed by atoms with Crippen LogP contribution in [-0.2, 0) is 0 Å². The minimum Gasteiger partial charge on any atom is -0.311 e. The summed E-state index contributed by atoms with van der Waals surface area (Å²) in [5.74, 6) is 0. The first-order chi connectivity index (χ1) is 6.10. The fourth-order valence-corrected chi connectivity index (χ4v) is 2.44. The Bertz CT molecular complexity index is 147. The average molecular weight is 183 g/mol. The van der Waals surface area contributed by atoms with Gasteiger partial charge < -0.3 is 5.32 Å². The van der Waals surface area contributed by atoms with Gasteiger partial charge in [0.2, 0.25) is 0 Å². The summed E-state index contributed by atoms with van der Waals surface area (Å²) in [5.41, 5.74) is 0.530. The van der Waals surface area contributed by atoms with Crippen molar-refractivity contribution in [1.29, 1.82) is 0 Å². The van der Waals surface area contributed by atoms with Gasteiger partial charge in [-0.25, -0.2) is 0 Å². The molecule has 1 unspecified atom stereocenters. The van der Waals surface area contributed by atoms with Crippen molar-refractivity contribution in [1.82, 2.24) is 5.32 Å². The normalized spacial score (nSPS) is 27.0. The first kappa shape index (κ1) is 11.0. The van der Waals surface area contributed by atoms with Crippen LogP contribution in [0.5, 0.6) is 0 Å². The van der Waals surface area contributed by atoms with Crippen molar-refractivity contribution in [3.05, 3.63) is 0 Å². The van der Waals surface area contributed by atoms with E-state index in [1.165, 1.54) is 32.1 Å². The number of hydrogen-bond acceptors (Lipinski definition) is 1. The van der Waals surface area contributed by atoms with Gasteiger partial charge in [-0.2, -0.15) is 0 Å². The van der Waals surface area contributed by atoms with E-state index in [2.05, 4.69) is 33.0 Å². The van der Waals surface area contributed by atoms with Gasteiger partial charge in [0.15, 0.2) is 0 Å². The zero-order valence-electron chi connectivity index (χ0n) is 9.69. The minimum absolute atomic E-state index is 0.530. The molecule has 0 spiro atoms. The maximum absolute atomic E-state index is 3.81. The lowest BCUT2D eigenvalue weighted by Gasteiger charge is -2.31. The maximum atomic E-state index is 3.81. The van der Waals surface area contributed by atoms with Crippen LogP contribution in [0.2, 0.25) is 0 Å². The summed E-state index contributed by atoms with van der Waals surface area (Å²) in [6, 6.07) is 1.50. The first-order valence-corrected chi connectivity index (χ1v) is 5.86. The van der Waals surface area contributed by atoms with E-state index in [1.54, 1.807) is 0 Å². The Kier molecular flexibility index (Phi) is 3.78. The van der Waals surface area contributed by atoms with Crippen LogP contribution >= 0.6 is 0 Å². The van der Waals surface area contributed by atoms with Crippen LogP contribution in [-0.4, -0.2) is 12.1 Å². The molecule has 13 heavy (non-hydrogen) atoms. The molecule has 1 nitrogen and oxygen atoms in total. The molecule has 0 bridgehead atoms. The number of nitrogens with one attached hydrogen (secondary N) is 1. The topological polar surface area (TPSA) is 12.0 Å². The Morgan fingerprint density at radius 2 is 1.92 bits per heavy atom. The molecule has 1 aliphatic carbocycles. The first-order valence-electron chi connectivity index (χ1n) is 5.86. The Morgan fingerprint density at radius 3 is 2.31 bits per heavy atom. The van der Waals surface area contributed by atoms with Crippen LogP contribution < -0.4 is 5.32 Å². The molecule has 0 aromatic rings. The maximum Gasteiger partial charge on any atom is 0.0121 e. The highest BCUT2D eigenvalue weighted by molar-refractivity contribution is 4.91. The standard InChI is InChI=1S/C12H25N/c1-5-10(6-2)13-11-8-7-9-12(11,3)4/h10-11,13H,5-9H2,1-4H3. The van der Waals surface area contributed by atoms with Crippen LogP contribution in [0.25, 0.3) is 0 Å². The average Bonchev–Trinajstić information content (AvgIpc) is 2.41. The molecular formula is C12H25N. The zero-order valence-corrected chi connectivity index (χ0v) is 9.69. The monoisotopic (exact) mass is 183 g/mol. The Labute approximate surface area is 83.3 Å². The second-order valence-electron chi connectivity index (χ2n) is 5.11. The van der Waals surface area contributed by atoms with Crippen molar-refractivity contribution in [2.24, 2.45) is 5.41 Å². The Balaban J connectivity index is 2.43. The van der Waals surface area contributed by atoms with Gasteiger partial charge in [0.1, 0.15) is 0 Å². The van der Waals surface area contributed by atoms with E-state index in [4.69, 9.17) is 0 Å². The third-order valence-corrected chi connectivity index (χ3v) is 3.68. The van der Waals surface area contributed by atoms with Crippen molar-refractivity contribution < 1.29 is 0 Å². The van der Waals surface area contributed by atoms with E-state index in [9.17, 15) is 0 Å². The molecule has 0 aliphatic heterocycles. The fourth-order valence-electron chi connectivity index (χ4n) is 2.44. The highest BCUT2D eigenvalue weighted by Gasteiger charge is 2.34. The van der Waals surface area contributed by atoms with E-state index in [0.29, 0.717) is 5.41 Å². The lowest BCUT2D eigenvalue weighted by atomic mass is 9.87. The highest BCUT2D eigenvalue weighted by atomic mass is 15.0. The molecule has 0 saturated heterocycles. The predicted molar refractivity (Wildman–Crippen MR) is 58.9 cm³/mol. The highest BCUT2D eigenvalue weighted by Crippen LogP contribution is 2.37. The molecule has 1 saturated carbocycles. The van der Waals surface area contributed by atoms with Gasteiger partial charge >= 0.3 is 0 Å². The number of hydrogen-bond donors (Lipinski definition) is 1. The van der Waals surface area contributed by atoms with Crippen LogP contribution in [0.15, 0.2) is 0 Å². The lowest BCUT2D eigenvalue weighted by Crippen LogP contribution is -2.43. The summed E-state index contributed by atoms with van der Waals surface area (Å²) >= 11 is 0. The van der Waals surface area contributed by atoms with Gasteiger partial charge in [-0.05, 0) is 31.1 Å². The van der Waals surface area contributed by atoms with E-state index >= 15 is 0 Å². The van der Waals surface area contributed by atoms with Crippen molar-refractivity contribution in [3.63, 3.8) is 0 Å². The van der Waals surface area contributed by atoms with E-state index in [1.807, 2.05) is 0 Å². The fraction of sp³-hybridized carbons (Fsp3) is 1.00. The molecule has 0 heterocycles. The summed E-state index contributed by atoms with van der Waals surface area (Å²) in [5, 5.41) is 3.81. The molecule has 0 radical (unpaired) electrons. The van der Waals surface area contributed by atoms with E-state index in [-0.39, 0.29) is 0 Å².